The van der Waals surface area contributed by atoms with Crippen molar-refractivity contribution in [3.8, 4) is 0 Å². The summed E-state index contributed by atoms with van der Waals surface area (Å²) in [6.45, 7) is 1.80. The van der Waals surface area contributed by atoms with Crippen molar-refractivity contribution in [1.82, 2.24) is 5.32 Å². The smallest absolute Gasteiger partial charge is 0.269 e. The van der Waals surface area contributed by atoms with Crippen LogP contribution in [-0.4, -0.2) is 41.3 Å². The van der Waals surface area contributed by atoms with Crippen LogP contribution in [0.4, 0.5) is 11.4 Å². The van der Waals surface area contributed by atoms with E-state index in [-0.39, 0.29) is 18.1 Å². The van der Waals surface area contributed by atoms with Gasteiger partial charge in [0.05, 0.1) is 11.0 Å². The molecule has 1 rings (SSSR count). The molecule has 142 valence electrons. The fraction of sp³-hybridized carbons (Fsp3) is 0.400. The van der Waals surface area contributed by atoms with Gasteiger partial charge >= 0.3 is 0 Å². The SMILES string of the molecule is C[C@H](N)C(=O)N[C@@H](CCCN=C(N)N)C(=O)Nc1ccc([N+](=O)[O-])cc1. The maximum absolute atomic E-state index is 12.4. The number of guanidine groups is 1. The molecule has 11 heteroatoms. The molecule has 0 bridgehead atoms. The molecule has 0 aliphatic rings. The minimum atomic E-state index is -0.849. The number of amides is 2. The predicted molar refractivity (Wildman–Crippen MR) is 97.2 cm³/mol. The van der Waals surface area contributed by atoms with Crippen molar-refractivity contribution < 1.29 is 14.5 Å². The van der Waals surface area contributed by atoms with Crippen molar-refractivity contribution in [1.29, 1.82) is 0 Å². The first kappa shape index (κ1) is 20.8. The first-order chi connectivity index (χ1) is 12.2. The first-order valence-electron chi connectivity index (χ1n) is 7.87. The number of nitro groups is 1. The maximum Gasteiger partial charge on any atom is 0.269 e. The Hall–Kier alpha value is -3.21. The number of aliphatic imine (C=N–C) groups is 1. The number of nitro benzene ring substituents is 1. The summed E-state index contributed by atoms with van der Waals surface area (Å²) >= 11 is 0. The average Bonchev–Trinajstić information content (AvgIpc) is 2.57. The Morgan fingerprint density at radius 1 is 1.23 bits per heavy atom. The van der Waals surface area contributed by atoms with Crippen LogP contribution in [0.15, 0.2) is 29.3 Å². The molecule has 2 amide bonds. The standard InChI is InChI=1S/C15H23N7O4/c1-9(16)13(23)21-12(3-2-8-19-15(17)18)14(24)20-10-4-6-11(7-5-10)22(25)26/h4-7,9,12H,2-3,8,16H2,1H3,(H,20,24)(H,21,23)(H4,17,18,19)/t9-,12-/m0/s1. The second-order valence-corrected chi connectivity index (χ2v) is 5.59. The molecule has 0 saturated heterocycles. The van der Waals surface area contributed by atoms with Crippen molar-refractivity contribution in [3.63, 3.8) is 0 Å². The fourth-order valence-electron chi connectivity index (χ4n) is 1.97. The number of nitrogens with two attached hydrogens (primary N) is 3. The number of hydrogen-bond acceptors (Lipinski definition) is 6. The van der Waals surface area contributed by atoms with E-state index in [1.165, 1.54) is 31.2 Å². The molecule has 0 heterocycles. The summed E-state index contributed by atoms with van der Waals surface area (Å²) in [5.74, 6) is -1.01. The molecule has 2 atom stereocenters. The summed E-state index contributed by atoms with van der Waals surface area (Å²) in [5, 5.41) is 15.8. The Balaban J connectivity index is 2.76. The quantitative estimate of drug-likeness (QED) is 0.127. The summed E-state index contributed by atoms with van der Waals surface area (Å²) in [6.07, 6.45) is 0.740. The zero-order valence-electron chi connectivity index (χ0n) is 14.3. The number of anilines is 1. The molecular formula is C15H23N7O4. The molecule has 0 radical (unpaired) electrons. The molecule has 11 nitrogen and oxygen atoms in total. The summed E-state index contributed by atoms with van der Waals surface area (Å²) in [6, 6.07) is 3.72. The number of rotatable bonds is 9. The van der Waals surface area contributed by atoms with E-state index in [4.69, 9.17) is 17.2 Å². The van der Waals surface area contributed by atoms with Gasteiger partial charge in [-0.25, -0.2) is 0 Å². The molecule has 0 aliphatic carbocycles. The second-order valence-electron chi connectivity index (χ2n) is 5.59. The number of carbonyl (C=O) groups is 2. The minimum Gasteiger partial charge on any atom is -0.370 e. The summed E-state index contributed by atoms with van der Waals surface area (Å²) in [7, 11) is 0. The van der Waals surface area contributed by atoms with Crippen LogP contribution in [-0.2, 0) is 9.59 Å². The highest BCUT2D eigenvalue weighted by atomic mass is 16.6. The second kappa shape index (κ2) is 9.93. The Morgan fingerprint density at radius 2 is 1.85 bits per heavy atom. The lowest BCUT2D eigenvalue weighted by Crippen LogP contribution is -2.49. The lowest BCUT2D eigenvalue weighted by Gasteiger charge is -2.19. The molecule has 0 saturated carbocycles. The summed E-state index contributed by atoms with van der Waals surface area (Å²) in [4.78, 5) is 38.2. The van der Waals surface area contributed by atoms with Crippen molar-refractivity contribution in [2.45, 2.75) is 31.8 Å². The van der Waals surface area contributed by atoms with E-state index in [1.807, 2.05) is 0 Å². The molecule has 0 aliphatic heterocycles. The largest absolute Gasteiger partial charge is 0.370 e. The monoisotopic (exact) mass is 365 g/mol. The van der Waals surface area contributed by atoms with E-state index < -0.39 is 28.8 Å². The van der Waals surface area contributed by atoms with Gasteiger partial charge in [-0.1, -0.05) is 0 Å². The third-order valence-corrected chi connectivity index (χ3v) is 3.34. The highest BCUT2D eigenvalue weighted by molar-refractivity contribution is 5.97. The molecule has 1 aromatic rings. The van der Waals surface area contributed by atoms with Crippen molar-refractivity contribution in [2.75, 3.05) is 11.9 Å². The third-order valence-electron chi connectivity index (χ3n) is 3.34. The van der Waals surface area contributed by atoms with Crippen LogP contribution in [0.5, 0.6) is 0 Å². The molecule has 0 aromatic heterocycles. The molecule has 8 N–H and O–H groups in total. The highest BCUT2D eigenvalue weighted by Crippen LogP contribution is 2.16. The predicted octanol–water partition coefficient (Wildman–Crippen LogP) is -0.581. The fourth-order valence-corrected chi connectivity index (χ4v) is 1.97. The molecular weight excluding hydrogens is 342 g/mol. The van der Waals surface area contributed by atoms with Crippen LogP contribution >= 0.6 is 0 Å². The van der Waals surface area contributed by atoms with Crippen LogP contribution in [0.1, 0.15) is 19.8 Å². The van der Waals surface area contributed by atoms with E-state index in [2.05, 4.69) is 15.6 Å². The normalized spacial score (nSPS) is 12.5. The molecule has 0 unspecified atom stereocenters. The van der Waals surface area contributed by atoms with Crippen molar-refractivity contribution in [3.05, 3.63) is 34.4 Å². The Bertz CT molecular complexity index is 669. The van der Waals surface area contributed by atoms with Gasteiger partial charge in [-0.05, 0) is 31.9 Å². The topological polar surface area (TPSA) is 192 Å². The van der Waals surface area contributed by atoms with E-state index in [0.717, 1.165) is 0 Å². The number of non-ortho nitro benzene ring substituents is 1. The van der Waals surface area contributed by atoms with Crippen molar-refractivity contribution >= 4 is 29.1 Å². The molecule has 0 spiro atoms. The number of nitrogens with one attached hydrogen (secondary N) is 2. The molecule has 26 heavy (non-hydrogen) atoms. The number of nitrogens with zero attached hydrogens (tertiary/aromatic N) is 2. The van der Waals surface area contributed by atoms with Crippen LogP contribution in [0.2, 0.25) is 0 Å². The maximum atomic E-state index is 12.4. The van der Waals surface area contributed by atoms with Gasteiger partial charge in [0.15, 0.2) is 5.96 Å². The third kappa shape index (κ3) is 7.13. The van der Waals surface area contributed by atoms with E-state index >= 15 is 0 Å². The van der Waals surface area contributed by atoms with Gasteiger partial charge in [0.25, 0.3) is 5.69 Å². The number of benzene rings is 1. The van der Waals surface area contributed by atoms with E-state index in [1.54, 1.807) is 0 Å². The van der Waals surface area contributed by atoms with Crippen LogP contribution in [0, 0.1) is 10.1 Å². The lowest BCUT2D eigenvalue weighted by molar-refractivity contribution is -0.384. The molecule has 0 fully saturated rings. The van der Waals surface area contributed by atoms with Crippen molar-refractivity contribution in [2.24, 2.45) is 22.2 Å². The lowest BCUT2D eigenvalue weighted by atomic mass is 10.1. The minimum absolute atomic E-state index is 0.0588. The van der Waals surface area contributed by atoms with Gasteiger partial charge in [0.1, 0.15) is 6.04 Å². The molecule has 1 aromatic carbocycles. The van der Waals surface area contributed by atoms with Crippen LogP contribution in [0.3, 0.4) is 0 Å². The summed E-state index contributed by atoms with van der Waals surface area (Å²) in [5.41, 5.74) is 16.3. The Morgan fingerprint density at radius 3 is 2.35 bits per heavy atom. The van der Waals surface area contributed by atoms with Gasteiger partial charge in [0, 0.05) is 24.4 Å². The number of hydrogen-bond donors (Lipinski definition) is 5. The van der Waals surface area contributed by atoms with Crippen LogP contribution < -0.4 is 27.8 Å². The van der Waals surface area contributed by atoms with E-state index in [0.29, 0.717) is 18.7 Å². The Labute approximate surface area is 150 Å². The first-order valence-corrected chi connectivity index (χ1v) is 7.87. The van der Waals surface area contributed by atoms with Gasteiger partial charge in [0.2, 0.25) is 11.8 Å². The van der Waals surface area contributed by atoms with Gasteiger partial charge in [-0.3, -0.25) is 24.7 Å². The van der Waals surface area contributed by atoms with Crippen LogP contribution in [0.25, 0.3) is 0 Å². The zero-order valence-corrected chi connectivity index (χ0v) is 14.3. The Kier molecular flexibility index (Phi) is 7.96. The summed E-state index contributed by atoms with van der Waals surface area (Å²) < 4.78 is 0. The highest BCUT2D eigenvalue weighted by Gasteiger charge is 2.22. The zero-order chi connectivity index (χ0) is 19.7. The average molecular weight is 365 g/mol. The van der Waals surface area contributed by atoms with Gasteiger partial charge in [-0.15, -0.1) is 0 Å². The number of carbonyl (C=O) groups excluding carboxylic acids is 2. The van der Waals surface area contributed by atoms with E-state index in [9.17, 15) is 19.7 Å². The van der Waals surface area contributed by atoms with Gasteiger partial charge < -0.3 is 27.8 Å². The van der Waals surface area contributed by atoms with Gasteiger partial charge in [-0.2, -0.15) is 0 Å².